The van der Waals surface area contributed by atoms with Crippen molar-refractivity contribution in [1.82, 2.24) is 10.2 Å². The molecule has 1 aromatic carbocycles. The lowest BCUT2D eigenvalue weighted by Crippen LogP contribution is -2.41. The maximum atomic E-state index is 12.0. The number of aliphatic carboxylic acids is 1. The maximum absolute atomic E-state index is 12.0. The van der Waals surface area contributed by atoms with Crippen molar-refractivity contribution >= 4 is 27.8 Å². The van der Waals surface area contributed by atoms with Gasteiger partial charge in [0, 0.05) is 17.4 Å². The molecule has 2 rings (SSSR count). The summed E-state index contributed by atoms with van der Waals surface area (Å²) in [5.74, 6) is -0.472. The Morgan fingerprint density at radius 1 is 1.32 bits per heavy atom. The van der Waals surface area contributed by atoms with E-state index in [2.05, 4.69) is 26.1 Å². The van der Waals surface area contributed by atoms with Crippen molar-refractivity contribution in [3.05, 3.63) is 34.3 Å². The van der Waals surface area contributed by atoms with Gasteiger partial charge in [-0.2, -0.15) is 0 Å². The topological polar surface area (TPSA) is 69.6 Å². The average Bonchev–Trinajstić information content (AvgIpc) is 2.47. The Morgan fingerprint density at radius 2 is 2.05 bits per heavy atom. The molecule has 1 saturated heterocycles. The Kier molecular flexibility index (Phi) is 6.39. The van der Waals surface area contributed by atoms with E-state index in [-0.39, 0.29) is 18.2 Å². The average molecular weight is 369 g/mol. The van der Waals surface area contributed by atoms with Gasteiger partial charge in [-0.1, -0.05) is 28.1 Å². The third kappa shape index (κ3) is 5.77. The highest BCUT2D eigenvalue weighted by molar-refractivity contribution is 9.10. The van der Waals surface area contributed by atoms with E-state index < -0.39 is 5.97 Å². The Bertz CT molecular complexity index is 528. The number of halogens is 1. The number of rotatable bonds is 6. The van der Waals surface area contributed by atoms with Crippen LogP contribution in [-0.4, -0.2) is 41.5 Å². The van der Waals surface area contributed by atoms with Crippen LogP contribution in [0, 0.1) is 5.92 Å². The number of nitrogens with one attached hydrogen (secondary N) is 1. The van der Waals surface area contributed by atoms with Crippen molar-refractivity contribution in [3.63, 3.8) is 0 Å². The summed E-state index contributed by atoms with van der Waals surface area (Å²) in [6.45, 7) is 2.49. The number of amides is 1. The van der Waals surface area contributed by atoms with Gasteiger partial charge >= 0.3 is 5.97 Å². The third-order valence-corrected chi connectivity index (χ3v) is 4.41. The van der Waals surface area contributed by atoms with Crippen molar-refractivity contribution in [2.24, 2.45) is 5.92 Å². The van der Waals surface area contributed by atoms with E-state index in [9.17, 15) is 9.59 Å². The van der Waals surface area contributed by atoms with Crippen LogP contribution in [0.4, 0.5) is 0 Å². The summed E-state index contributed by atoms with van der Waals surface area (Å²) in [6, 6.07) is 7.85. The van der Waals surface area contributed by atoms with E-state index >= 15 is 0 Å². The minimum Gasteiger partial charge on any atom is -0.481 e. The van der Waals surface area contributed by atoms with E-state index in [1.54, 1.807) is 0 Å². The van der Waals surface area contributed by atoms with Crippen LogP contribution in [0.25, 0.3) is 0 Å². The zero-order valence-corrected chi connectivity index (χ0v) is 14.0. The summed E-state index contributed by atoms with van der Waals surface area (Å²) in [5, 5.41) is 11.7. The van der Waals surface area contributed by atoms with Crippen LogP contribution in [0.5, 0.6) is 0 Å². The van der Waals surface area contributed by atoms with E-state index in [1.807, 2.05) is 24.3 Å². The minimum absolute atomic E-state index is 0.0108. The Morgan fingerprint density at radius 3 is 2.68 bits per heavy atom. The van der Waals surface area contributed by atoms with Gasteiger partial charge < -0.3 is 10.4 Å². The number of nitrogens with zero attached hydrogens (tertiary/aromatic N) is 1. The van der Waals surface area contributed by atoms with Gasteiger partial charge in [0.25, 0.3) is 0 Å². The summed E-state index contributed by atoms with van der Waals surface area (Å²) >= 11 is 3.41. The molecule has 6 heteroatoms. The molecule has 0 unspecified atom stereocenters. The molecule has 0 aliphatic carbocycles. The van der Waals surface area contributed by atoms with Gasteiger partial charge in [-0.15, -0.1) is 0 Å². The highest BCUT2D eigenvalue weighted by Gasteiger charge is 2.22. The zero-order chi connectivity index (χ0) is 15.9. The molecule has 0 saturated carbocycles. The molecule has 0 radical (unpaired) electrons. The minimum atomic E-state index is -0.731. The van der Waals surface area contributed by atoms with Crippen molar-refractivity contribution < 1.29 is 14.7 Å². The number of carboxylic acid groups (broad SMARTS) is 1. The van der Waals surface area contributed by atoms with Crippen molar-refractivity contribution in [2.45, 2.75) is 25.8 Å². The lowest BCUT2D eigenvalue weighted by Gasteiger charge is -2.30. The van der Waals surface area contributed by atoms with Crippen LogP contribution in [-0.2, 0) is 16.1 Å². The summed E-state index contributed by atoms with van der Waals surface area (Å²) < 4.78 is 1.000. The molecule has 0 atom stereocenters. The van der Waals surface area contributed by atoms with E-state index in [0.29, 0.717) is 13.1 Å². The second-order valence-electron chi connectivity index (χ2n) is 5.72. The summed E-state index contributed by atoms with van der Waals surface area (Å²) in [7, 11) is 0. The number of piperidine rings is 1. The molecule has 22 heavy (non-hydrogen) atoms. The molecule has 0 spiro atoms. The first kappa shape index (κ1) is 17.0. The van der Waals surface area contributed by atoms with Gasteiger partial charge in [-0.3, -0.25) is 14.5 Å². The van der Waals surface area contributed by atoms with Crippen LogP contribution in [0.3, 0.4) is 0 Å². The fourth-order valence-corrected chi connectivity index (χ4v) is 3.15. The molecular weight excluding hydrogens is 348 g/mol. The number of carboxylic acids is 1. The number of hydrogen-bond acceptors (Lipinski definition) is 3. The monoisotopic (exact) mass is 368 g/mol. The number of likely N-dealkylation sites (tertiary alicyclic amines) is 1. The first-order valence-corrected chi connectivity index (χ1v) is 8.27. The summed E-state index contributed by atoms with van der Waals surface area (Å²) in [5.41, 5.74) is 1.06. The molecule has 1 heterocycles. The van der Waals surface area contributed by atoms with Crippen LogP contribution in [0.15, 0.2) is 28.7 Å². The normalized spacial score (nSPS) is 16.4. The molecule has 1 amide bonds. The predicted molar refractivity (Wildman–Crippen MR) is 87.4 cm³/mol. The Hall–Kier alpha value is -1.40. The van der Waals surface area contributed by atoms with Gasteiger partial charge in [0.1, 0.15) is 0 Å². The number of hydrogen-bond donors (Lipinski definition) is 2. The van der Waals surface area contributed by atoms with Crippen LogP contribution in [0.1, 0.15) is 24.8 Å². The molecule has 2 N–H and O–H groups in total. The number of carbonyl (C=O) groups is 2. The fourth-order valence-electron chi connectivity index (χ4n) is 2.70. The third-order valence-electron chi connectivity index (χ3n) is 3.92. The second kappa shape index (κ2) is 8.29. The van der Waals surface area contributed by atoms with Crippen LogP contribution < -0.4 is 5.32 Å². The summed E-state index contributed by atoms with van der Waals surface area (Å²) in [6.07, 6.45) is 1.94. The van der Waals surface area contributed by atoms with Crippen LogP contribution >= 0.6 is 15.9 Å². The van der Waals surface area contributed by atoms with Gasteiger partial charge in [-0.05, 0) is 49.5 Å². The zero-order valence-electron chi connectivity index (χ0n) is 12.4. The molecule has 5 nitrogen and oxygen atoms in total. The van der Waals surface area contributed by atoms with E-state index in [1.165, 1.54) is 0 Å². The van der Waals surface area contributed by atoms with Gasteiger partial charge in [0.15, 0.2) is 0 Å². The van der Waals surface area contributed by atoms with E-state index in [0.717, 1.165) is 36.0 Å². The molecule has 1 aliphatic heterocycles. The molecule has 1 aliphatic rings. The second-order valence-corrected chi connectivity index (χ2v) is 6.64. The first-order valence-electron chi connectivity index (χ1n) is 7.48. The van der Waals surface area contributed by atoms with Crippen molar-refractivity contribution in [1.29, 1.82) is 0 Å². The number of carbonyl (C=O) groups excluding carboxylic acids is 1. The highest BCUT2D eigenvalue weighted by atomic mass is 79.9. The molecular formula is C16H21BrN2O3. The Balaban J connectivity index is 1.69. The standard InChI is InChI=1S/C16H21BrN2O3/c17-14-3-1-2-13(8-14)10-18-15(20)11-19-6-4-12(5-7-19)9-16(21)22/h1-3,8,12H,4-7,9-11H2,(H,18,20)(H,21,22). The van der Waals surface area contributed by atoms with Crippen molar-refractivity contribution in [2.75, 3.05) is 19.6 Å². The van der Waals surface area contributed by atoms with Gasteiger partial charge in [0.2, 0.25) is 5.91 Å². The molecule has 120 valence electrons. The highest BCUT2D eigenvalue weighted by Crippen LogP contribution is 2.20. The first-order chi connectivity index (χ1) is 10.5. The molecule has 0 bridgehead atoms. The van der Waals surface area contributed by atoms with E-state index in [4.69, 9.17) is 5.11 Å². The fraction of sp³-hybridized carbons (Fsp3) is 0.500. The number of benzene rings is 1. The van der Waals surface area contributed by atoms with Gasteiger partial charge in [0.05, 0.1) is 6.54 Å². The molecule has 0 aromatic heterocycles. The lowest BCUT2D eigenvalue weighted by molar-refractivity contribution is -0.138. The van der Waals surface area contributed by atoms with Crippen LogP contribution in [0.2, 0.25) is 0 Å². The molecule has 1 aromatic rings. The molecule has 1 fully saturated rings. The predicted octanol–water partition coefficient (Wildman–Crippen LogP) is 2.25. The Labute approximate surface area is 138 Å². The quantitative estimate of drug-likeness (QED) is 0.807. The van der Waals surface area contributed by atoms with Crippen molar-refractivity contribution in [3.8, 4) is 0 Å². The maximum Gasteiger partial charge on any atom is 0.303 e. The summed E-state index contributed by atoms with van der Waals surface area (Å²) in [4.78, 5) is 24.8. The largest absolute Gasteiger partial charge is 0.481 e. The van der Waals surface area contributed by atoms with Gasteiger partial charge in [-0.25, -0.2) is 0 Å². The smallest absolute Gasteiger partial charge is 0.303 e. The lowest BCUT2D eigenvalue weighted by atomic mass is 9.94. The SMILES string of the molecule is O=C(O)CC1CCN(CC(=O)NCc2cccc(Br)c2)CC1.